The molecule has 0 aliphatic rings. The van der Waals surface area contributed by atoms with E-state index >= 15 is 0 Å². The predicted octanol–water partition coefficient (Wildman–Crippen LogP) is 1.41. The van der Waals surface area contributed by atoms with Gasteiger partial charge < -0.3 is 5.11 Å². The molecule has 16 heavy (non-hydrogen) atoms. The molecule has 1 N–H and O–H groups in total. The fraction of sp³-hybridized carbons (Fsp3) is 0.167. The van der Waals surface area contributed by atoms with Crippen molar-refractivity contribution in [2.24, 2.45) is 0 Å². The van der Waals surface area contributed by atoms with Crippen LogP contribution in [0.5, 0.6) is 0 Å². The van der Waals surface area contributed by atoms with Crippen molar-refractivity contribution in [2.75, 3.05) is 6.61 Å². The molecule has 0 bridgehead atoms. The van der Waals surface area contributed by atoms with Crippen molar-refractivity contribution in [1.82, 2.24) is 9.78 Å². The first-order valence-corrected chi connectivity index (χ1v) is 4.99. The standard InChI is InChI=1S/C12H11N3O/c13-9-11-8-12(15(14-11)6-7-16)10-4-2-1-3-5-10/h1-5,8,16H,6-7H2. The van der Waals surface area contributed by atoms with Crippen molar-refractivity contribution in [3.63, 3.8) is 0 Å². The number of aliphatic hydroxyl groups excluding tert-OH is 1. The van der Waals surface area contributed by atoms with E-state index in [-0.39, 0.29) is 6.61 Å². The van der Waals surface area contributed by atoms with Crippen LogP contribution < -0.4 is 0 Å². The zero-order chi connectivity index (χ0) is 11.4. The molecule has 1 aromatic carbocycles. The molecule has 1 aromatic heterocycles. The number of nitrogens with zero attached hydrogens (tertiary/aromatic N) is 3. The highest BCUT2D eigenvalue weighted by molar-refractivity contribution is 5.60. The van der Waals surface area contributed by atoms with Crippen molar-refractivity contribution < 1.29 is 5.11 Å². The summed E-state index contributed by atoms with van der Waals surface area (Å²) in [5.74, 6) is 0. The molecule has 0 unspecified atom stereocenters. The molecular formula is C12H11N3O. The lowest BCUT2D eigenvalue weighted by Crippen LogP contribution is -2.05. The van der Waals surface area contributed by atoms with E-state index in [4.69, 9.17) is 10.4 Å². The van der Waals surface area contributed by atoms with Crippen molar-refractivity contribution in [1.29, 1.82) is 5.26 Å². The summed E-state index contributed by atoms with van der Waals surface area (Å²) in [7, 11) is 0. The zero-order valence-electron chi connectivity index (χ0n) is 8.67. The Hall–Kier alpha value is -2.12. The van der Waals surface area contributed by atoms with Crippen LogP contribution in [-0.2, 0) is 6.54 Å². The van der Waals surface area contributed by atoms with E-state index in [0.717, 1.165) is 11.3 Å². The highest BCUT2D eigenvalue weighted by Gasteiger charge is 2.08. The van der Waals surface area contributed by atoms with Crippen LogP contribution in [0.4, 0.5) is 0 Å². The minimum atomic E-state index is 0.00633. The Bertz CT molecular complexity index is 511. The monoisotopic (exact) mass is 213 g/mol. The van der Waals surface area contributed by atoms with E-state index in [1.807, 2.05) is 36.4 Å². The number of hydrogen-bond acceptors (Lipinski definition) is 3. The van der Waals surface area contributed by atoms with Crippen LogP contribution in [0.25, 0.3) is 11.3 Å². The van der Waals surface area contributed by atoms with Crippen LogP contribution in [0.2, 0.25) is 0 Å². The molecular weight excluding hydrogens is 202 g/mol. The third kappa shape index (κ3) is 1.95. The number of benzene rings is 1. The molecule has 1 heterocycles. The summed E-state index contributed by atoms with van der Waals surface area (Å²) in [6, 6.07) is 13.4. The van der Waals surface area contributed by atoms with E-state index in [2.05, 4.69) is 5.10 Å². The minimum Gasteiger partial charge on any atom is -0.394 e. The maximum Gasteiger partial charge on any atom is 0.163 e. The summed E-state index contributed by atoms with van der Waals surface area (Å²) in [5, 5.41) is 21.8. The Morgan fingerprint density at radius 2 is 2.06 bits per heavy atom. The molecule has 0 aliphatic carbocycles. The molecule has 0 saturated carbocycles. The van der Waals surface area contributed by atoms with Crippen molar-refractivity contribution in [3.8, 4) is 17.3 Å². The summed E-state index contributed by atoms with van der Waals surface area (Å²) < 4.78 is 1.65. The van der Waals surface area contributed by atoms with E-state index in [1.54, 1.807) is 10.7 Å². The second kappa shape index (κ2) is 4.60. The molecule has 80 valence electrons. The Morgan fingerprint density at radius 1 is 1.31 bits per heavy atom. The van der Waals surface area contributed by atoms with Gasteiger partial charge in [0.25, 0.3) is 0 Å². The summed E-state index contributed by atoms with van der Waals surface area (Å²) >= 11 is 0. The maximum absolute atomic E-state index is 8.93. The summed E-state index contributed by atoms with van der Waals surface area (Å²) in [5.41, 5.74) is 2.21. The van der Waals surface area contributed by atoms with Crippen molar-refractivity contribution >= 4 is 0 Å². The highest BCUT2D eigenvalue weighted by Crippen LogP contribution is 2.19. The van der Waals surface area contributed by atoms with Gasteiger partial charge in [-0.25, -0.2) is 0 Å². The van der Waals surface area contributed by atoms with Gasteiger partial charge in [0, 0.05) is 6.07 Å². The van der Waals surface area contributed by atoms with Crippen LogP contribution in [0.1, 0.15) is 5.69 Å². The predicted molar refractivity (Wildman–Crippen MR) is 59.5 cm³/mol. The van der Waals surface area contributed by atoms with Gasteiger partial charge >= 0.3 is 0 Å². The van der Waals surface area contributed by atoms with E-state index in [1.165, 1.54) is 0 Å². The molecule has 4 nitrogen and oxygen atoms in total. The largest absolute Gasteiger partial charge is 0.394 e. The van der Waals surface area contributed by atoms with Gasteiger partial charge in [-0.3, -0.25) is 4.68 Å². The van der Waals surface area contributed by atoms with E-state index in [9.17, 15) is 0 Å². The van der Waals surface area contributed by atoms with E-state index < -0.39 is 0 Å². The Balaban J connectivity index is 2.47. The van der Waals surface area contributed by atoms with Gasteiger partial charge in [0.05, 0.1) is 18.8 Å². The lowest BCUT2D eigenvalue weighted by molar-refractivity contribution is 0.270. The number of nitriles is 1. The molecule has 0 spiro atoms. The topological polar surface area (TPSA) is 61.8 Å². The molecule has 2 aromatic rings. The van der Waals surface area contributed by atoms with Crippen LogP contribution >= 0.6 is 0 Å². The SMILES string of the molecule is N#Cc1cc(-c2ccccc2)n(CCO)n1. The van der Waals surface area contributed by atoms with Gasteiger partial charge in [0.1, 0.15) is 6.07 Å². The first-order valence-electron chi connectivity index (χ1n) is 4.99. The second-order valence-corrected chi connectivity index (χ2v) is 3.34. The van der Waals surface area contributed by atoms with Gasteiger partial charge in [-0.15, -0.1) is 0 Å². The summed E-state index contributed by atoms with van der Waals surface area (Å²) in [6.07, 6.45) is 0. The Kier molecular flexibility index (Phi) is 2.99. The molecule has 0 radical (unpaired) electrons. The highest BCUT2D eigenvalue weighted by atomic mass is 16.3. The van der Waals surface area contributed by atoms with Crippen molar-refractivity contribution in [2.45, 2.75) is 6.54 Å². The van der Waals surface area contributed by atoms with Crippen LogP contribution in [0.3, 0.4) is 0 Å². The maximum atomic E-state index is 8.93. The third-order valence-electron chi connectivity index (χ3n) is 2.28. The lowest BCUT2D eigenvalue weighted by Gasteiger charge is -2.04. The zero-order valence-corrected chi connectivity index (χ0v) is 8.67. The van der Waals surface area contributed by atoms with Gasteiger partial charge in [0.15, 0.2) is 5.69 Å². The summed E-state index contributed by atoms with van der Waals surface area (Å²) in [4.78, 5) is 0. The first kappa shape index (κ1) is 10.4. The first-order chi connectivity index (χ1) is 7.85. The molecule has 0 amide bonds. The minimum absolute atomic E-state index is 0.00633. The number of aliphatic hydroxyl groups is 1. The van der Waals surface area contributed by atoms with Gasteiger partial charge in [0.2, 0.25) is 0 Å². The second-order valence-electron chi connectivity index (χ2n) is 3.34. The smallest absolute Gasteiger partial charge is 0.163 e. The molecule has 0 atom stereocenters. The normalized spacial score (nSPS) is 10.0. The van der Waals surface area contributed by atoms with Gasteiger partial charge in [-0.2, -0.15) is 10.4 Å². The Morgan fingerprint density at radius 3 is 2.69 bits per heavy atom. The average Bonchev–Trinajstić information content (AvgIpc) is 2.74. The summed E-state index contributed by atoms with van der Waals surface area (Å²) in [6.45, 7) is 0.401. The molecule has 2 rings (SSSR count). The molecule has 0 aliphatic heterocycles. The van der Waals surface area contributed by atoms with E-state index in [0.29, 0.717) is 12.2 Å². The third-order valence-corrected chi connectivity index (χ3v) is 2.28. The lowest BCUT2D eigenvalue weighted by atomic mass is 10.1. The molecule has 0 fully saturated rings. The fourth-order valence-electron chi connectivity index (χ4n) is 1.58. The Labute approximate surface area is 93.4 Å². The number of aromatic nitrogens is 2. The van der Waals surface area contributed by atoms with Crippen LogP contribution in [0, 0.1) is 11.3 Å². The number of hydrogen-bond donors (Lipinski definition) is 1. The fourth-order valence-corrected chi connectivity index (χ4v) is 1.58. The van der Waals surface area contributed by atoms with Gasteiger partial charge in [-0.1, -0.05) is 30.3 Å². The van der Waals surface area contributed by atoms with Crippen LogP contribution in [-0.4, -0.2) is 21.5 Å². The van der Waals surface area contributed by atoms with Crippen LogP contribution in [0.15, 0.2) is 36.4 Å². The average molecular weight is 213 g/mol. The quantitative estimate of drug-likeness (QED) is 0.838. The van der Waals surface area contributed by atoms with Crippen molar-refractivity contribution in [3.05, 3.63) is 42.1 Å². The molecule has 4 heteroatoms. The number of rotatable bonds is 3. The van der Waals surface area contributed by atoms with Gasteiger partial charge in [-0.05, 0) is 5.56 Å². The molecule has 0 saturated heterocycles.